The van der Waals surface area contributed by atoms with Crippen LogP contribution < -0.4 is 5.32 Å². The average Bonchev–Trinajstić information content (AvgIpc) is 2.71. The smallest absolute Gasteiger partial charge is 0.0569 e. The molecule has 1 aliphatic heterocycles. The van der Waals surface area contributed by atoms with Crippen LogP contribution in [0.25, 0.3) is 0 Å². The summed E-state index contributed by atoms with van der Waals surface area (Å²) in [5.41, 5.74) is 4.95. The van der Waals surface area contributed by atoms with Crippen molar-refractivity contribution in [1.82, 2.24) is 0 Å². The number of hydrogen-bond donors (Lipinski definition) is 1. The quantitative estimate of drug-likeness (QED) is 0.773. The first-order chi connectivity index (χ1) is 8.63. The fourth-order valence-corrected chi connectivity index (χ4v) is 3.00. The molecule has 1 aliphatic rings. The van der Waals surface area contributed by atoms with Gasteiger partial charge in [0.1, 0.15) is 0 Å². The monoisotopic (exact) mass is 277 g/mol. The van der Waals surface area contributed by atoms with Crippen LogP contribution in [-0.4, -0.2) is 0 Å². The fraction of sp³-hybridized carbons (Fsp3) is 0.200. The predicted molar refractivity (Wildman–Crippen MR) is 77.7 cm³/mol. The Bertz CT molecular complexity index is 607. The highest BCUT2D eigenvalue weighted by Gasteiger charge is 2.23. The Morgan fingerprint density at radius 3 is 2.72 bits per heavy atom. The van der Waals surface area contributed by atoms with Crippen molar-refractivity contribution >= 4 is 28.9 Å². The van der Waals surface area contributed by atoms with Gasteiger partial charge in [-0.2, -0.15) is 0 Å². The molecule has 2 aromatic rings. The van der Waals surface area contributed by atoms with E-state index < -0.39 is 0 Å². The number of halogens is 2. The summed E-state index contributed by atoms with van der Waals surface area (Å²) in [5.74, 6) is 0. The van der Waals surface area contributed by atoms with E-state index in [1.807, 2.05) is 12.1 Å². The summed E-state index contributed by atoms with van der Waals surface area (Å²) in [6.45, 7) is 2.11. The van der Waals surface area contributed by atoms with E-state index >= 15 is 0 Å². The number of hydrogen-bond acceptors (Lipinski definition) is 1. The molecule has 0 radical (unpaired) electrons. The minimum absolute atomic E-state index is 0.242. The topological polar surface area (TPSA) is 12.0 Å². The first-order valence-electron chi connectivity index (χ1n) is 5.94. The van der Waals surface area contributed by atoms with E-state index in [2.05, 4.69) is 30.4 Å². The fourth-order valence-electron chi connectivity index (χ4n) is 2.46. The Morgan fingerprint density at radius 1 is 1.11 bits per heavy atom. The van der Waals surface area contributed by atoms with E-state index in [9.17, 15) is 0 Å². The van der Waals surface area contributed by atoms with Crippen molar-refractivity contribution in [1.29, 1.82) is 0 Å². The third kappa shape index (κ3) is 2.09. The molecular formula is C15H13Cl2N. The largest absolute Gasteiger partial charge is 0.378 e. The number of anilines is 1. The van der Waals surface area contributed by atoms with E-state index in [1.54, 1.807) is 6.07 Å². The zero-order valence-electron chi connectivity index (χ0n) is 10.0. The maximum absolute atomic E-state index is 6.26. The average molecular weight is 278 g/mol. The van der Waals surface area contributed by atoms with Crippen LogP contribution in [0.3, 0.4) is 0 Å². The van der Waals surface area contributed by atoms with E-state index in [0.29, 0.717) is 5.02 Å². The molecule has 0 saturated carbocycles. The predicted octanol–water partition coefficient (Wildman–Crippen LogP) is 5.01. The summed E-state index contributed by atoms with van der Waals surface area (Å²) >= 11 is 12.2. The number of aryl methyl sites for hydroxylation is 1. The maximum atomic E-state index is 6.26. The number of fused-ring (bicyclic) bond motifs is 1. The van der Waals surface area contributed by atoms with Crippen molar-refractivity contribution in [2.75, 3.05) is 5.32 Å². The Balaban J connectivity index is 1.93. The highest BCUT2D eigenvalue weighted by Crippen LogP contribution is 2.37. The van der Waals surface area contributed by atoms with Crippen LogP contribution in [-0.2, 0) is 6.42 Å². The minimum Gasteiger partial charge on any atom is -0.378 e. The van der Waals surface area contributed by atoms with Crippen molar-refractivity contribution < 1.29 is 0 Å². The van der Waals surface area contributed by atoms with Crippen LogP contribution in [0.1, 0.15) is 22.7 Å². The van der Waals surface area contributed by atoms with E-state index in [4.69, 9.17) is 23.2 Å². The Morgan fingerprint density at radius 2 is 1.94 bits per heavy atom. The molecule has 1 unspecified atom stereocenters. The molecule has 3 heteroatoms. The van der Waals surface area contributed by atoms with Gasteiger partial charge in [-0.3, -0.25) is 0 Å². The van der Waals surface area contributed by atoms with Gasteiger partial charge in [0, 0.05) is 15.7 Å². The van der Waals surface area contributed by atoms with Crippen molar-refractivity contribution in [2.24, 2.45) is 0 Å². The molecule has 1 nitrogen and oxygen atoms in total. The van der Waals surface area contributed by atoms with Gasteiger partial charge in [-0.1, -0.05) is 47.0 Å². The molecule has 0 saturated heterocycles. The molecule has 0 fully saturated rings. The molecule has 18 heavy (non-hydrogen) atoms. The lowest BCUT2D eigenvalue weighted by atomic mass is 10.0. The molecule has 0 aromatic heterocycles. The third-order valence-corrected chi connectivity index (χ3v) is 3.91. The van der Waals surface area contributed by atoms with Crippen LogP contribution in [0, 0.1) is 6.92 Å². The Kier molecular flexibility index (Phi) is 2.96. The number of nitrogens with one attached hydrogen (secondary N) is 1. The minimum atomic E-state index is 0.242. The first-order valence-corrected chi connectivity index (χ1v) is 6.70. The summed E-state index contributed by atoms with van der Waals surface area (Å²) in [6, 6.07) is 12.4. The second-order valence-electron chi connectivity index (χ2n) is 4.73. The molecule has 0 spiro atoms. The Hall–Kier alpha value is -1.18. The van der Waals surface area contributed by atoms with Crippen molar-refractivity contribution in [3.63, 3.8) is 0 Å². The molecular weight excluding hydrogens is 265 g/mol. The van der Waals surface area contributed by atoms with E-state index in [1.165, 1.54) is 16.8 Å². The van der Waals surface area contributed by atoms with Crippen LogP contribution in [0.15, 0.2) is 36.4 Å². The van der Waals surface area contributed by atoms with Crippen LogP contribution in [0.2, 0.25) is 10.0 Å². The lowest BCUT2D eigenvalue weighted by Crippen LogP contribution is -2.06. The van der Waals surface area contributed by atoms with Crippen LogP contribution >= 0.6 is 23.2 Å². The van der Waals surface area contributed by atoms with E-state index in [-0.39, 0.29) is 6.04 Å². The van der Waals surface area contributed by atoms with Crippen molar-refractivity contribution in [3.05, 3.63) is 63.1 Å². The third-order valence-electron chi connectivity index (χ3n) is 3.35. The molecule has 92 valence electrons. The second-order valence-corrected chi connectivity index (χ2v) is 5.57. The van der Waals surface area contributed by atoms with Gasteiger partial charge < -0.3 is 5.32 Å². The molecule has 1 heterocycles. The van der Waals surface area contributed by atoms with Gasteiger partial charge in [-0.05, 0) is 42.7 Å². The first kappa shape index (κ1) is 11.9. The van der Waals surface area contributed by atoms with Gasteiger partial charge >= 0.3 is 0 Å². The summed E-state index contributed by atoms with van der Waals surface area (Å²) in [6.07, 6.45) is 0.971. The van der Waals surface area contributed by atoms with Crippen LogP contribution in [0.5, 0.6) is 0 Å². The zero-order valence-corrected chi connectivity index (χ0v) is 11.5. The van der Waals surface area contributed by atoms with Crippen molar-refractivity contribution in [2.45, 2.75) is 19.4 Å². The van der Waals surface area contributed by atoms with Gasteiger partial charge in [0.2, 0.25) is 0 Å². The second kappa shape index (κ2) is 4.49. The highest BCUT2D eigenvalue weighted by molar-refractivity contribution is 6.35. The summed E-state index contributed by atoms with van der Waals surface area (Å²) in [5, 5.41) is 4.91. The molecule has 3 rings (SSSR count). The lowest BCUT2D eigenvalue weighted by Gasteiger charge is -2.13. The molecule has 0 bridgehead atoms. The molecule has 0 aliphatic carbocycles. The summed E-state index contributed by atoms with van der Waals surface area (Å²) in [4.78, 5) is 0. The van der Waals surface area contributed by atoms with Crippen LogP contribution in [0.4, 0.5) is 5.69 Å². The standard InChI is InChI=1S/C15H13Cl2N/c1-9-2-5-14-10(6-9)7-15(18-14)12-4-3-11(16)8-13(12)17/h2-6,8,15,18H,7H2,1H3. The number of benzene rings is 2. The molecule has 0 amide bonds. The van der Waals surface area contributed by atoms with Gasteiger partial charge in [-0.15, -0.1) is 0 Å². The lowest BCUT2D eigenvalue weighted by molar-refractivity contribution is 0.824. The zero-order chi connectivity index (χ0) is 12.7. The van der Waals surface area contributed by atoms with Gasteiger partial charge in [-0.25, -0.2) is 0 Å². The number of rotatable bonds is 1. The normalized spacial score (nSPS) is 17.4. The SMILES string of the molecule is Cc1ccc2c(c1)CC(c1ccc(Cl)cc1Cl)N2. The highest BCUT2D eigenvalue weighted by atomic mass is 35.5. The summed E-state index contributed by atoms with van der Waals surface area (Å²) in [7, 11) is 0. The van der Waals surface area contributed by atoms with Gasteiger partial charge in [0.15, 0.2) is 0 Å². The van der Waals surface area contributed by atoms with Gasteiger partial charge in [0.25, 0.3) is 0 Å². The summed E-state index contributed by atoms with van der Waals surface area (Å²) < 4.78 is 0. The maximum Gasteiger partial charge on any atom is 0.0569 e. The molecule has 1 N–H and O–H groups in total. The Labute approximate surface area is 117 Å². The van der Waals surface area contributed by atoms with Gasteiger partial charge in [0.05, 0.1) is 6.04 Å². The van der Waals surface area contributed by atoms with E-state index in [0.717, 1.165) is 17.0 Å². The molecule has 1 atom stereocenters. The van der Waals surface area contributed by atoms with Crippen molar-refractivity contribution in [3.8, 4) is 0 Å². The molecule has 2 aromatic carbocycles.